The summed E-state index contributed by atoms with van der Waals surface area (Å²) in [6.07, 6.45) is 1.52. The Morgan fingerprint density at radius 3 is 2.79 bits per heavy atom. The topological polar surface area (TPSA) is 109 Å². The molecule has 0 unspecified atom stereocenters. The third kappa shape index (κ3) is 2.24. The molecule has 0 amide bonds. The molecule has 3 aromatic heterocycles. The second kappa shape index (κ2) is 5.33. The fourth-order valence-corrected chi connectivity index (χ4v) is 2.42. The number of benzene rings is 1. The van der Waals surface area contributed by atoms with Gasteiger partial charge >= 0.3 is 0 Å². The average molecular weight is 329 g/mol. The highest BCUT2D eigenvalue weighted by atomic mass is 19.1. The van der Waals surface area contributed by atoms with E-state index in [9.17, 15) is 8.78 Å². The second-order valence-electron chi connectivity index (χ2n) is 4.99. The number of nitrogens with two attached hydrogens (primary N) is 1. The lowest BCUT2D eigenvalue weighted by molar-refractivity contribution is 0.310. The fraction of sp³-hybridized carbons (Fsp3) is 0.0714. The molecule has 2 N–H and O–H groups in total. The van der Waals surface area contributed by atoms with E-state index in [1.807, 2.05) is 0 Å². The van der Waals surface area contributed by atoms with Gasteiger partial charge in [0.05, 0.1) is 17.8 Å². The number of imidazole rings is 1. The molecule has 0 aliphatic heterocycles. The molecule has 0 atom stereocenters. The van der Waals surface area contributed by atoms with Crippen molar-refractivity contribution in [3.63, 3.8) is 0 Å². The maximum atomic E-state index is 14.1. The highest BCUT2D eigenvalue weighted by Gasteiger charge is 2.22. The number of halogens is 2. The van der Waals surface area contributed by atoms with E-state index in [-0.39, 0.29) is 34.9 Å². The molecule has 0 bridgehead atoms. The number of rotatable bonds is 3. The molecule has 0 aliphatic carbocycles. The molecule has 8 nitrogen and oxygen atoms in total. The standard InChI is InChI=1S/C14H9F2N7O/c15-7-4-9(16)11-10(5-7)23(6-8-2-1-3-18-20-8)14(19-11)12-13(17)22-24-21-12/h1-5H,6H2,(H2,17,22). The number of aromatic nitrogens is 6. The van der Waals surface area contributed by atoms with Crippen molar-refractivity contribution in [2.24, 2.45) is 0 Å². The third-order valence-corrected chi connectivity index (χ3v) is 3.45. The van der Waals surface area contributed by atoms with Crippen molar-refractivity contribution in [3.05, 3.63) is 47.8 Å². The van der Waals surface area contributed by atoms with Gasteiger partial charge in [0, 0.05) is 18.3 Å². The Kier molecular flexibility index (Phi) is 3.15. The van der Waals surface area contributed by atoms with Gasteiger partial charge in [0.2, 0.25) is 0 Å². The normalized spacial score (nSPS) is 11.2. The largest absolute Gasteiger partial charge is 0.379 e. The quantitative estimate of drug-likeness (QED) is 0.610. The average Bonchev–Trinajstić information content (AvgIpc) is 3.13. The van der Waals surface area contributed by atoms with Crippen molar-refractivity contribution < 1.29 is 13.4 Å². The Balaban J connectivity index is 1.99. The van der Waals surface area contributed by atoms with Gasteiger partial charge in [-0.2, -0.15) is 10.2 Å². The lowest BCUT2D eigenvalue weighted by atomic mass is 10.3. The second-order valence-corrected chi connectivity index (χ2v) is 4.99. The van der Waals surface area contributed by atoms with Gasteiger partial charge in [-0.3, -0.25) is 0 Å². The number of hydrogen-bond donors (Lipinski definition) is 1. The van der Waals surface area contributed by atoms with E-state index in [2.05, 4.69) is 30.1 Å². The number of nitrogen functional groups attached to an aromatic ring is 1. The van der Waals surface area contributed by atoms with Crippen LogP contribution in [-0.4, -0.2) is 30.1 Å². The number of nitrogens with zero attached hydrogens (tertiary/aromatic N) is 6. The van der Waals surface area contributed by atoms with Crippen LogP contribution in [0.3, 0.4) is 0 Å². The molecule has 10 heteroatoms. The van der Waals surface area contributed by atoms with E-state index in [0.29, 0.717) is 5.69 Å². The van der Waals surface area contributed by atoms with Crippen LogP contribution in [0, 0.1) is 11.6 Å². The highest BCUT2D eigenvalue weighted by molar-refractivity contribution is 5.82. The van der Waals surface area contributed by atoms with Crippen LogP contribution in [0.4, 0.5) is 14.6 Å². The molecule has 4 rings (SSSR count). The molecule has 0 aliphatic rings. The van der Waals surface area contributed by atoms with E-state index < -0.39 is 11.6 Å². The van der Waals surface area contributed by atoms with E-state index in [1.54, 1.807) is 12.1 Å². The summed E-state index contributed by atoms with van der Waals surface area (Å²) < 4.78 is 33.9. The molecule has 0 fully saturated rings. The number of fused-ring (bicyclic) bond motifs is 1. The Morgan fingerprint density at radius 2 is 2.08 bits per heavy atom. The zero-order valence-electron chi connectivity index (χ0n) is 12.0. The van der Waals surface area contributed by atoms with Gasteiger partial charge in [-0.15, -0.1) is 0 Å². The van der Waals surface area contributed by atoms with Crippen LogP contribution in [0.1, 0.15) is 5.69 Å². The van der Waals surface area contributed by atoms with Gasteiger partial charge in [-0.05, 0) is 22.4 Å². The van der Waals surface area contributed by atoms with E-state index in [4.69, 9.17) is 5.73 Å². The van der Waals surface area contributed by atoms with Crippen molar-refractivity contribution in [1.82, 2.24) is 30.1 Å². The van der Waals surface area contributed by atoms with E-state index >= 15 is 0 Å². The molecule has 0 saturated carbocycles. The molecule has 24 heavy (non-hydrogen) atoms. The predicted octanol–water partition coefficient (Wildman–Crippen LogP) is 1.78. The summed E-state index contributed by atoms with van der Waals surface area (Å²) in [5.74, 6) is -1.33. The highest BCUT2D eigenvalue weighted by Crippen LogP contribution is 2.29. The minimum absolute atomic E-state index is 0.00779. The molecular formula is C14H9F2N7O. The van der Waals surface area contributed by atoms with Crippen LogP contribution in [0.5, 0.6) is 0 Å². The summed E-state index contributed by atoms with van der Waals surface area (Å²) >= 11 is 0. The van der Waals surface area contributed by atoms with Crippen molar-refractivity contribution in [2.75, 3.05) is 5.73 Å². The van der Waals surface area contributed by atoms with Crippen molar-refractivity contribution in [2.45, 2.75) is 6.54 Å². The Bertz CT molecular complexity index is 1030. The summed E-state index contributed by atoms with van der Waals surface area (Å²) in [6, 6.07) is 5.36. The van der Waals surface area contributed by atoms with Crippen molar-refractivity contribution in [3.8, 4) is 11.5 Å². The Hall–Kier alpha value is -3.43. The molecule has 0 saturated heterocycles. The molecule has 0 radical (unpaired) electrons. The molecule has 1 aromatic carbocycles. The third-order valence-electron chi connectivity index (χ3n) is 3.45. The van der Waals surface area contributed by atoms with E-state index in [1.165, 1.54) is 16.8 Å². The van der Waals surface area contributed by atoms with Gasteiger partial charge in [0.1, 0.15) is 11.3 Å². The van der Waals surface area contributed by atoms with Crippen LogP contribution in [0.15, 0.2) is 35.1 Å². The summed E-state index contributed by atoms with van der Waals surface area (Å²) in [4.78, 5) is 4.18. The minimum atomic E-state index is -0.792. The molecule has 120 valence electrons. The lowest BCUT2D eigenvalue weighted by Crippen LogP contribution is -2.06. The number of hydrogen-bond acceptors (Lipinski definition) is 7. The Morgan fingerprint density at radius 1 is 1.21 bits per heavy atom. The smallest absolute Gasteiger partial charge is 0.199 e. The van der Waals surface area contributed by atoms with Crippen LogP contribution in [0.2, 0.25) is 0 Å². The van der Waals surface area contributed by atoms with Crippen LogP contribution < -0.4 is 5.73 Å². The summed E-state index contributed by atoms with van der Waals surface area (Å²) in [6.45, 7) is 0.162. The molecule has 3 heterocycles. The molecular weight excluding hydrogens is 320 g/mol. The van der Waals surface area contributed by atoms with Gasteiger partial charge < -0.3 is 10.3 Å². The monoisotopic (exact) mass is 329 g/mol. The zero-order valence-corrected chi connectivity index (χ0v) is 12.0. The van der Waals surface area contributed by atoms with E-state index in [0.717, 1.165) is 6.07 Å². The fourth-order valence-electron chi connectivity index (χ4n) is 2.42. The van der Waals surface area contributed by atoms with Crippen molar-refractivity contribution >= 4 is 16.9 Å². The SMILES string of the molecule is Nc1nonc1-c1nc2c(F)cc(F)cc2n1Cc1cccnn1. The summed E-state index contributed by atoms with van der Waals surface area (Å²) in [7, 11) is 0. The van der Waals surface area contributed by atoms with Gasteiger partial charge in [0.15, 0.2) is 23.2 Å². The molecule has 0 spiro atoms. The number of anilines is 1. The van der Waals surface area contributed by atoms with Crippen LogP contribution >= 0.6 is 0 Å². The first-order valence-corrected chi connectivity index (χ1v) is 6.84. The zero-order chi connectivity index (χ0) is 16.7. The predicted molar refractivity (Wildman–Crippen MR) is 78.5 cm³/mol. The van der Waals surface area contributed by atoms with Gasteiger partial charge in [-0.25, -0.2) is 18.4 Å². The Labute approximate surface area is 132 Å². The first-order chi connectivity index (χ1) is 11.6. The minimum Gasteiger partial charge on any atom is -0.379 e. The summed E-state index contributed by atoms with van der Waals surface area (Å²) in [5, 5.41) is 14.9. The summed E-state index contributed by atoms with van der Waals surface area (Å²) in [5.41, 5.74) is 6.63. The first-order valence-electron chi connectivity index (χ1n) is 6.84. The lowest BCUT2D eigenvalue weighted by Gasteiger charge is -2.07. The van der Waals surface area contributed by atoms with Crippen LogP contribution in [-0.2, 0) is 6.54 Å². The van der Waals surface area contributed by atoms with Crippen LogP contribution in [0.25, 0.3) is 22.6 Å². The van der Waals surface area contributed by atoms with Gasteiger partial charge in [0.25, 0.3) is 0 Å². The maximum Gasteiger partial charge on any atom is 0.199 e. The first kappa shape index (κ1) is 14.2. The van der Waals surface area contributed by atoms with Crippen molar-refractivity contribution in [1.29, 1.82) is 0 Å². The maximum absolute atomic E-state index is 14.1. The van der Waals surface area contributed by atoms with Gasteiger partial charge in [-0.1, -0.05) is 0 Å². The molecule has 4 aromatic rings.